The smallest absolute Gasteiger partial charge is 0.229 e. The molecule has 5 nitrogen and oxygen atoms in total. The van der Waals surface area contributed by atoms with Gasteiger partial charge in [0, 0.05) is 45.7 Å². The third-order valence-corrected chi connectivity index (χ3v) is 5.76. The van der Waals surface area contributed by atoms with E-state index in [9.17, 15) is 14.0 Å². The van der Waals surface area contributed by atoms with Crippen LogP contribution in [0.25, 0.3) is 0 Å². The molecule has 1 aliphatic rings. The Balaban J connectivity index is 1.71. The van der Waals surface area contributed by atoms with E-state index in [-0.39, 0.29) is 18.1 Å². The molecule has 1 aliphatic heterocycles. The lowest BCUT2D eigenvalue weighted by molar-refractivity contribution is -0.132. The zero-order valence-electron chi connectivity index (χ0n) is 14.5. The van der Waals surface area contributed by atoms with Crippen molar-refractivity contribution in [3.05, 3.63) is 44.9 Å². The summed E-state index contributed by atoms with van der Waals surface area (Å²) in [5.41, 5.74) is 5.28. The van der Waals surface area contributed by atoms with Gasteiger partial charge in [-0.25, -0.2) is 4.39 Å². The number of carbonyl (C=O) groups is 2. The predicted molar refractivity (Wildman–Crippen MR) is 106 cm³/mol. The number of allylic oxidation sites excluding steroid dienone is 2. The summed E-state index contributed by atoms with van der Waals surface area (Å²) in [6.07, 6.45) is 4.66. The number of Topliss-reactive ketones (excluding diaryl/α,β-unsaturated/α-hetero) is 1. The van der Waals surface area contributed by atoms with Gasteiger partial charge in [0.2, 0.25) is 5.91 Å². The number of thiophene rings is 1. The first kappa shape index (κ1) is 21.0. The Bertz CT molecular complexity index is 682. The minimum Gasteiger partial charge on any atom is -0.340 e. The number of carbonyl (C=O) groups excluding carboxylic acids is 2. The Kier molecular flexibility index (Phi) is 8.64. The van der Waals surface area contributed by atoms with Crippen LogP contribution in [-0.2, 0) is 4.79 Å². The number of hydrogen-bond acceptors (Lipinski definition) is 5. The van der Waals surface area contributed by atoms with Crippen molar-refractivity contribution < 1.29 is 14.0 Å². The molecule has 1 aromatic rings. The maximum Gasteiger partial charge on any atom is 0.229 e. The summed E-state index contributed by atoms with van der Waals surface area (Å²) in [4.78, 5) is 28.9. The number of nitrogens with zero attached hydrogens (tertiary/aromatic N) is 2. The third kappa shape index (κ3) is 6.75. The molecular weight excluding hydrogens is 421 g/mol. The first-order chi connectivity index (χ1) is 12.5. The van der Waals surface area contributed by atoms with Gasteiger partial charge in [-0.1, -0.05) is 12.2 Å². The van der Waals surface area contributed by atoms with Crippen molar-refractivity contribution in [3.63, 3.8) is 0 Å². The molecular formula is C18H23BrFN3O2S. The fourth-order valence-corrected chi connectivity index (χ4v) is 3.99. The van der Waals surface area contributed by atoms with Gasteiger partial charge < -0.3 is 10.6 Å². The lowest BCUT2D eigenvalue weighted by Gasteiger charge is -2.34. The van der Waals surface area contributed by atoms with Crippen LogP contribution < -0.4 is 5.73 Å². The van der Waals surface area contributed by atoms with Gasteiger partial charge in [0.25, 0.3) is 0 Å². The Labute approximate surface area is 165 Å². The van der Waals surface area contributed by atoms with E-state index in [0.717, 1.165) is 8.66 Å². The average Bonchev–Trinajstić information content (AvgIpc) is 3.07. The van der Waals surface area contributed by atoms with Crippen LogP contribution in [0.5, 0.6) is 0 Å². The normalized spacial score (nSPS) is 16.4. The largest absolute Gasteiger partial charge is 0.340 e. The van der Waals surface area contributed by atoms with Gasteiger partial charge in [-0.05, 0) is 34.1 Å². The number of rotatable bonds is 8. The number of halogens is 2. The Morgan fingerprint density at radius 3 is 2.62 bits per heavy atom. The number of hydrogen-bond donors (Lipinski definition) is 1. The molecule has 142 valence electrons. The number of piperazine rings is 1. The summed E-state index contributed by atoms with van der Waals surface area (Å²) in [5, 5.41) is 0. The van der Waals surface area contributed by atoms with Crippen LogP contribution in [-0.4, -0.2) is 60.8 Å². The maximum atomic E-state index is 13.7. The van der Waals surface area contributed by atoms with Crippen molar-refractivity contribution in [2.45, 2.75) is 12.8 Å². The lowest BCUT2D eigenvalue weighted by atomic mass is 10.2. The number of amides is 1. The summed E-state index contributed by atoms with van der Waals surface area (Å²) >= 11 is 4.80. The van der Waals surface area contributed by atoms with Gasteiger partial charge in [-0.3, -0.25) is 14.5 Å². The number of nitrogens with two attached hydrogens (primary N) is 1. The summed E-state index contributed by atoms with van der Waals surface area (Å²) in [6.45, 7) is 3.53. The SMILES string of the molecule is NC/C=C\C=C(\F)CC(=O)N1CCN(CCC(=O)c2ccc(Br)s2)CC1. The van der Waals surface area contributed by atoms with E-state index in [1.807, 2.05) is 12.1 Å². The van der Waals surface area contributed by atoms with Gasteiger partial charge in [0.05, 0.1) is 15.1 Å². The second-order valence-corrected chi connectivity index (χ2v) is 8.42. The van der Waals surface area contributed by atoms with Gasteiger partial charge in [-0.2, -0.15) is 0 Å². The second-order valence-electron chi connectivity index (χ2n) is 5.95. The molecule has 2 rings (SSSR count). The number of ketones is 1. The molecule has 0 radical (unpaired) electrons. The fraction of sp³-hybridized carbons (Fsp3) is 0.444. The topological polar surface area (TPSA) is 66.6 Å². The first-order valence-corrected chi connectivity index (χ1v) is 10.1. The Morgan fingerprint density at radius 1 is 1.27 bits per heavy atom. The molecule has 0 spiro atoms. The lowest BCUT2D eigenvalue weighted by Crippen LogP contribution is -2.49. The molecule has 1 saturated heterocycles. The fourth-order valence-electron chi connectivity index (χ4n) is 2.63. The molecule has 2 heterocycles. The molecule has 1 aromatic heterocycles. The minimum absolute atomic E-state index is 0.136. The van der Waals surface area contributed by atoms with Crippen LogP contribution in [0.2, 0.25) is 0 Å². The summed E-state index contributed by atoms with van der Waals surface area (Å²) in [5.74, 6) is -0.536. The van der Waals surface area contributed by atoms with Crippen LogP contribution in [0.4, 0.5) is 4.39 Å². The quantitative estimate of drug-likeness (QED) is 0.495. The van der Waals surface area contributed by atoms with E-state index in [2.05, 4.69) is 20.8 Å². The first-order valence-electron chi connectivity index (χ1n) is 8.49. The van der Waals surface area contributed by atoms with Gasteiger partial charge in [0.1, 0.15) is 5.83 Å². The second kappa shape index (κ2) is 10.7. The minimum atomic E-state index is -0.463. The molecule has 0 atom stereocenters. The van der Waals surface area contributed by atoms with Crippen molar-refractivity contribution in [1.82, 2.24) is 9.80 Å². The highest BCUT2D eigenvalue weighted by atomic mass is 79.9. The highest BCUT2D eigenvalue weighted by molar-refractivity contribution is 9.11. The van der Waals surface area contributed by atoms with Crippen LogP contribution in [0.15, 0.2) is 40.0 Å². The van der Waals surface area contributed by atoms with Gasteiger partial charge in [0.15, 0.2) is 5.78 Å². The summed E-state index contributed by atoms with van der Waals surface area (Å²) in [7, 11) is 0. The standard InChI is InChI=1S/C18H23BrFN3O2S/c19-17-5-4-16(26-17)15(24)6-8-22-9-11-23(12-10-22)18(25)13-14(20)3-1-2-7-21/h1-5H,6-13,21H2/b2-1-,14-3+. The summed E-state index contributed by atoms with van der Waals surface area (Å²) in [6, 6.07) is 3.71. The van der Waals surface area contributed by atoms with Crippen LogP contribution >= 0.6 is 27.3 Å². The van der Waals surface area contributed by atoms with E-state index in [1.165, 1.54) is 23.5 Å². The molecule has 0 saturated carbocycles. The predicted octanol–water partition coefficient (Wildman–Crippen LogP) is 2.99. The van der Waals surface area contributed by atoms with E-state index >= 15 is 0 Å². The van der Waals surface area contributed by atoms with Crippen molar-refractivity contribution in [3.8, 4) is 0 Å². The zero-order valence-corrected chi connectivity index (χ0v) is 16.9. The molecule has 0 aromatic carbocycles. The third-order valence-electron chi connectivity index (χ3n) is 4.10. The molecule has 0 unspecified atom stereocenters. The monoisotopic (exact) mass is 443 g/mol. The van der Waals surface area contributed by atoms with Crippen LogP contribution in [0.1, 0.15) is 22.5 Å². The highest BCUT2D eigenvalue weighted by Gasteiger charge is 2.22. The molecule has 8 heteroatoms. The molecule has 1 fully saturated rings. The average molecular weight is 444 g/mol. The van der Waals surface area contributed by atoms with Gasteiger partial charge in [-0.15, -0.1) is 11.3 Å². The zero-order chi connectivity index (χ0) is 18.9. The van der Waals surface area contributed by atoms with E-state index < -0.39 is 5.83 Å². The molecule has 0 aliphatic carbocycles. The van der Waals surface area contributed by atoms with Crippen molar-refractivity contribution in [2.75, 3.05) is 39.3 Å². The Hall–Kier alpha value is -1.35. The Morgan fingerprint density at radius 2 is 2.00 bits per heavy atom. The van der Waals surface area contributed by atoms with E-state index in [1.54, 1.807) is 11.0 Å². The van der Waals surface area contributed by atoms with Crippen LogP contribution in [0, 0.1) is 0 Å². The highest BCUT2D eigenvalue weighted by Crippen LogP contribution is 2.23. The molecule has 0 bridgehead atoms. The van der Waals surface area contributed by atoms with Gasteiger partial charge >= 0.3 is 0 Å². The molecule has 2 N–H and O–H groups in total. The summed E-state index contributed by atoms with van der Waals surface area (Å²) < 4.78 is 14.6. The van der Waals surface area contributed by atoms with Crippen molar-refractivity contribution >= 4 is 39.0 Å². The van der Waals surface area contributed by atoms with Crippen LogP contribution in [0.3, 0.4) is 0 Å². The maximum absolute atomic E-state index is 13.7. The van der Waals surface area contributed by atoms with E-state index in [4.69, 9.17) is 5.73 Å². The molecule has 26 heavy (non-hydrogen) atoms. The van der Waals surface area contributed by atoms with Crippen molar-refractivity contribution in [2.24, 2.45) is 5.73 Å². The van der Waals surface area contributed by atoms with E-state index in [0.29, 0.717) is 45.7 Å². The van der Waals surface area contributed by atoms with Crippen molar-refractivity contribution in [1.29, 1.82) is 0 Å². The molecule has 1 amide bonds.